The fourth-order valence-corrected chi connectivity index (χ4v) is 3.02. The van der Waals surface area contributed by atoms with Crippen LogP contribution in [-0.4, -0.2) is 48.0 Å². The standard InChI is InChI=1S/C21H24ClN5O/c1-23-12-5-13-24-20-17-6-3-4-7-18(17)25-19(26-20)14-27(2)21(28)15-8-10-16(22)11-9-15/h3-4,6-11,23H,5,12-14H2,1-2H3,(H,24,25,26). The number of carbonyl (C=O) groups excluding carboxylic acids is 1. The number of aromatic nitrogens is 2. The summed E-state index contributed by atoms with van der Waals surface area (Å²) in [7, 11) is 3.68. The number of fused-ring (bicyclic) bond motifs is 1. The molecule has 1 amide bonds. The van der Waals surface area contributed by atoms with Gasteiger partial charge < -0.3 is 15.5 Å². The molecule has 0 fully saturated rings. The van der Waals surface area contributed by atoms with Crippen molar-refractivity contribution in [2.45, 2.75) is 13.0 Å². The molecule has 0 saturated heterocycles. The van der Waals surface area contributed by atoms with Crippen LogP contribution in [0.1, 0.15) is 22.6 Å². The Morgan fingerprint density at radius 1 is 1.07 bits per heavy atom. The maximum absolute atomic E-state index is 12.7. The molecule has 2 aromatic carbocycles. The first kappa shape index (κ1) is 20.0. The summed E-state index contributed by atoms with van der Waals surface area (Å²) in [5, 5.41) is 8.11. The number of amides is 1. The van der Waals surface area contributed by atoms with Crippen molar-refractivity contribution in [1.29, 1.82) is 0 Å². The van der Waals surface area contributed by atoms with E-state index in [4.69, 9.17) is 11.6 Å². The number of benzene rings is 2. The van der Waals surface area contributed by atoms with E-state index in [1.54, 1.807) is 36.2 Å². The van der Waals surface area contributed by atoms with Gasteiger partial charge in [0.25, 0.3) is 5.91 Å². The summed E-state index contributed by atoms with van der Waals surface area (Å²) < 4.78 is 0. The van der Waals surface area contributed by atoms with Crippen LogP contribution in [0, 0.1) is 0 Å². The fraction of sp³-hybridized carbons (Fsp3) is 0.286. The van der Waals surface area contributed by atoms with Crippen molar-refractivity contribution >= 4 is 34.2 Å². The highest BCUT2D eigenvalue weighted by Gasteiger charge is 2.15. The monoisotopic (exact) mass is 397 g/mol. The molecule has 7 heteroatoms. The van der Waals surface area contributed by atoms with E-state index in [2.05, 4.69) is 20.6 Å². The number of halogens is 1. The topological polar surface area (TPSA) is 70.2 Å². The van der Waals surface area contributed by atoms with Crippen LogP contribution in [0.25, 0.3) is 10.9 Å². The maximum Gasteiger partial charge on any atom is 0.254 e. The third-order valence-corrected chi connectivity index (χ3v) is 4.61. The molecule has 0 aliphatic rings. The largest absolute Gasteiger partial charge is 0.369 e. The maximum atomic E-state index is 12.7. The van der Waals surface area contributed by atoms with Crippen molar-refractivity contribution in [2.75, 3.05) is 32.5 Å². The van der Waals surface area contributed by atoms with Crippen LogP contribution in [0.5, 0.6) is 0 Å². The number of carbonyl (C=O) groups is 1. The van der Waals surface area contributed by atoms with Gasteiger partial charge in [0.1, 0.15) is 5.82 Å². The number of nitrogens with zero attached hydrogens (tertiary/aromatic N) is 3. The van der Waals surface area contributed by atoms with Crippen molar-refractivity contribution in [1.82, 2.24) is 20.2 Å². The second-order valence-corrected chi connectivity index (χ2v) is 6.99. The number of nitrogens with one attached hydrogen (secondary N) is 2. The van der Waals surface area contributed by atoms with Gasteiger partial charge in [-0.15, -0.1) is 0 Å². The molecule has 6 nitrogen and oxygen atoms in total. The molecule has 1 aromatic heterocycles. The molecule has 146 valence electrons. The first-order chi connectivity index (χ1) is 13.6. The lowest BCUT2D eigenvalue weighted by molar-refractivity contribution is 0.0781. The van der Waals surface area contributed by atoms with Gasteiger partial charge in [0.05, 0.1) is 12.1 Å². The quantitative estimate of drug-likeness (QED) is 0.568. The number of hydrogen-bond acceptors (Lipinski definition) is 5. The van der Waals surface area contributed by atoms with Crippen molar-refractivity contribution in [3.8, 4) is 0 Å². The van der Waals surface area contributed by atoms with Gasteiger partial charge in [-0.1, -0.05) is 23.7 Å². The van der Waals surface area contributed by atoms with Crippen LogP contribution in [0.15, 0.2) is 48.5 Å². The molecule has 28 heavy (non-hydrogen) atoms. The second-order valence-electron chi connectivity index (χ2n) is 6.56. The molecule has 3 rings (SSSR count). The van der Waals surface area contributed by atoms with Gasteiger partial charge in [-0.25, -0.2) is 9.97 Å². The Morgan fingerprint density at radius 3 is 2.57 bits per heavy atom. The normalized spacial score (nSPS) is 10.8. The fourth-order valence-electron chi connectivity index (χ4n) is 2.90. The summed E-state index contributed by atoms with van der Waals surface area (Å²) in [6.45, 7) is 2.06. The van der Waals surface area contributed by atoms with Crippen molar-refractivity contribution < 1.29 is 4.79 Å². The van der Waals surface area contributed by atoms with Crippen LogP contribution in [0.2, 0.25) is 5.02 Å². The zero-order valence-corrected chi connectivity index (χ0v) is 16.8. The molecule has 0 unspecified atom stereocenters. The van der Waals surface area contributed by atoms with E-state index in [9.17, 15) is 4.79 Å². The van der Waals surface area contributed by atoms with Crippen LogP contribution in [0.3, 0.4) is 0 Å². The Bertz CT molecular complexity index is 945. The molecule has 0 radical (unpaired) electrons. The Hall–Kier alpha value is -2.70. The summed E-state index contributed by atoms with van der Waals surface area (Å²) in [6.07, 6.45) is 0.985. The molecule has 0 saturated carbocycles. The van der Waals surface area contributed by atoms with Gasteiger partial charge in [-0.2, -0.15) is 0 Å². The summed E-state index contributed by atoms with van der Waals surface area (Å²) in [5.41, 5.74) is 1.44. The molecule has 0 bridgehead atoms. The lowest BCUT2D eigenvalue weighted by Gasteiger charge is -2.18. The SMILES string of the molecule is CNCCCNc1nc(CN(C)C(=O)c2ccc(Cl)cc2)nc2ccccc12. The van der Waals surface area contributed by atoms with E-state index in [1.807, 2.05) is 31.3 Å². The van der Waals surface area contributed by atoms with Crippen molar-refractivity contribution in [2.24, 2.45) is 0 Å². The van der Waals surface area contributed by atoms with E-state index in [0.29, 0.717) is 23.0 Å². The summed E-state index contributed by atoms with van der Waals surface area (Å²) >= 11 is 5.90. The smallest absolute Gasteiger partial charge is 0.254 e. The number of rotatable bonds is 8. The number of hydrogen-bond donors (Lipinski definition) is 2. The average Bonchev–Trinajstić information content (AvgIpc) is 2.71. The van der Waals surface area contributed by atoms with Crippen LogP contribution in [0.4, 0.5) is 5.82 Å². The third kappa shape index (κ3) is 4.97. The Labute approximate surface area is 169 Å². The Morgan fingerprint density at radius 2 is 1.82 bits per heavy atom. The lowest BCUT2D eigenvalue weighted by Crippen LogP contribution is -2.27. The lowest BCUT2D eigenvalue weighted by atomic mass is 10.2. The van der Waals surface area contributed by atoms with Crippen LogP contribution in [-0.2, 0) is 6.54 Å². The third-order valence-electron chi connectivity index (χ3n) is 4.36. The van der Waals surface area contributed by atoms with Crippen molar-refractivity contribution in [3.05, 3.63) is 64.9 Å². The minimum atomic E-state index is -0.100. The highest BCUT2D eigenvalue weighted by Crippen LogP contribution is 2.21. The highest BCUT2D eigenvalue weighted by atomic mass is 35.5. The summed E-state index contributed by atoms with van der Waals surface area (Å²) in [5.74, 6) is 1.29. The molecule has 0 aliphatic heterocycles. The molecule has 2 N–H and O–H groups in total. The zero-order chi connectivity index (χ0) is 19.9. The van der Waals surface area contributed by atoms with Gasteiger partial charge in [-0.05, 0) is 56.4 Å². The zero-order valence-electron chi connectivity index (χ0n) is 16.1. The highest BCUT2D eigenvalue weighted by molar-refractivity contribution is 6.30. The molecule has 3 aromatic rings. The summed E-state index contributed by atoms with van der Waals surface area (Å²) in [4.78, 5) is 23.6. The van der Waals surface area contributed by atoms with E-state index >= 15 is 0 Å². The summed E-state index contributed by atoms with van der Waals surface area (Å²) in [6, 6.07) is 14.7. The van der Waals surface area contributed by atoms with Crippen LogP contribution < -0.4 is 10.6 Å². The van der Waals surface area contributed by atoms with E-state index in [-0.39, 0.29) is 5.91 Å². The molecule has 0 atom stereocenters. The molecule has 0 aliphatic carbocycles. The average molecular weight is 398 g/mol. The minimum Gasteiger partial charge on any atom is -0.369 e. The van der Waals surface area contributed by atoms with E-state index < -0.39 is 0 Å². The predicted molar refractivity (Wildman–Crippen MR) is 114 cm³/mol. The minimum absolute atomic E-state index is 0.100. The Kier molecular flexibility index (Phi) is 6.79. The van der Waals surface area contributed by atoms with Gasteiger partial charge in [0.15, 0.2) is 5.82 Å². The molecular weight excluding hydrogens is 374 g/mol. The predicted octanol–water partition coefficient (Wildman–Crippen LogP) is 3.58. The second kappa shape index (κ2) is 9.48. The van der Waals surface area contributed by atoms with Crippen molar-refractivity contribution in [3.63, 3.8) is 0 Å². The Balaban J connectivity index is 1.79. The number of anilines is 1. The first-order valence-electron chi connectivity index (χ1n) is 9.23. The first-order valence-corrected chi connectivity index (χ1v) is 9.61. The van der Waals surface area contributed by atoms with Gasteiger partial charge in [0.2, 0.25) is 0 Å². The molecule has 1 heterocycles. The van der Waals surface area contributed by atoms with E-state index in [1.165, 1.54) is 0 Å². The number of para-hydroxylation sites is 1. The van der Waals surface area contributed by atoms with Gasteiger partial charge in [-0.3, -0.25) is 4.79 Å². The van der Waals surface area contributed by atoms with E-state index in [0.717, 1.165) is 36.2 Å². The van der Waals surface area contributed by atoms with Gasteiger partial charge >= 0.3 is 0 Å². The molecular formula is C21H24ClN5O. The van der Waals surface area contributed by atoms with Gasteiger partial charge in [0, 0.05) is 29.6 Å². The molecule has 0 spiro atoms. The van der Waals surface area contributed by atoms with Crippen LogP contribution >= 0.6 is 11.6 Å².